The summed E-state index contributed by atoms with van der Waals surface area (Å²) in [5, 5.41) is 2.12. The summed E-state index contributed by atoms with van der Waals surface area (Å²) in [5.74, 6) is -0.172. The van der Waals surface area contributed by atoms with Crippen LogP contribution in [-0.2, 0) is 6.54 Å². The molecule has 2 heterocycles. The SMILES string of the molecule is O=C(c1ccncc1)N(NCc1ccncc1)c1ccc(Cl)cc1. The number of amides is 1. The normalized spacial score (nSPS) is 10.4. The van der Waals surface area contributed by atoms with Gasteiger partial charge in [-0.25, -0.2) is 10.4 Å². The van der Waals surface area contributed by atoms with Crippen LogP contribution in [0.25, 0.3) is 0 Å². The fraction of sp³-hybridized carbons (Fsp3) is 0.0556. The van der Waals surface area contributed by atoms with Crippen molar-refractivity contribution in [3.63, 3.8) is 0 Å². The van der Waals surface area contributed by atoms with E-state index in [4.69, 9.17) is 11.6 Å². The van der Waals surface area contributed by atoms with Crippen LogP contribution in [0, 0.1) is 0 Å². The summed E-state index contributed by atoms with van der Waals surface area (Å²) in [7, 11) is 0. The van der Waals surface area contributed by atoms with Crippen LogP contribution in [0.3, 0.4) is 0 Å². The summed E-state index contributed by atoms with van der Waals surface area (Å²) in [6.45, 7) is 0.488. The number of nitrogens with one attached hydrogen (secondary N) is 1. The van der Waals surface area contributed by atoms with Gasteiger partial charge < -0.3 is 0 Å². The molecule has 2 aromatic heterocycles. The third-order valence-corrected chi connectivity index (χ3v) is 3.66. The fourth-order valence-corrected chi connectivity index (χ4v) is 2.29. The Labute approximate surface area is 144 Å². The van der Waals surface area contributed by atoms with E-state index in [0.717, 1.165) is 5.56 Å². The van der Waals surface area contributed by atoms with Crippen LogP contribution in [-0.4, -0.2) is 15.9 Å². The van der Waals surface area contributed by atoms with Crippen molar-refractivity contribution in [2.45, 2.75) is 6.54 Å². The van der Waals surface area contributed by atoms with Gasteiger partial charge >= 0.3 is 0 Å². The Bertz CT molecular complexity index is 794. The number of anilines is 1. The van der Waals surface area contributed by atoms with Crippen LogP contribution in [0.1, 0.15) is 15.9 Å². The molecular weight excluding hydrogens is 324 g/mol. The van der Waals surface area contributed by atoms with Crippen molar-refractivity contribution in [1.82, 2.24) is 15.4 Å². The van der Waals surface area contributed by atoms with Crippen LogP contribution in [0.4, 0.5) is 5.69 Å². The lowest BCUT2D eigenvalue weighted by molar-refractivity contribution is 0.0973. The molecule has 0 spiro atoms. The number of hydrogen-bond acceptors (Lipinski definition) is 4. The minimum Gasteiger partial charge on any atom is -0.267 e. The van der Waals surface area contributed by atoms with Crippen LogP contribution >= 0.6 is 11.6 Å². The van der Waals surface area contributed by atoms with E-state index in [-0.39, 0.29) is 5.91 Å². The number of aromatic nitrogens is 2. The van der Waals surface area contributed by atoms with Gasteiger partial charge in [-0.2, -0.15) is 0 Å². The van der Waals surface area contributed by atoms with Crippen molar-refractivity contribution >= 4 is 23.2 Å². The zero-order valence-electron chi connectivity index (χ0n) is 12.8. The van der Waals surface area contributed by atoms with Gasteiger partial charge in [-0.3, -0.25) is 14.8 Å². The molecule has 1 aromatic carbocycles. The molecule has 0 aliphatic carbocycles. The van der Waals surface area contributed by atoms with E-state index in [1.165, 1.54) is 5.01 Å². The van der Waals surface area contributed by atoms with E-state index in [1.54, 1.807) is 61.2 Å². The van der Waals surface area contributed by atoms with Gasteiger partial charge in [0.05, 0.1) is 5.69 Å². The number of nitrogens with zero attached hydrogens (tertiary/aromatic N) is 3. The summed E-state index contributed by atoms with van der Waals surface area (Å²) in [5.41, 5.74) is 5.43. The van der Waals surface area contributed by atoms with Crippen molar-refractivity contribution < 1.29 is 4.79 Å². The third-order valence-electron chi connectivity index (χ3n) is 3.41. The number of rotatable bonds is 5. The summed E-state index contributed by atoms with van der Waals surface area (Å²) in [6, 6.07) is 14.2. The van der Waals surface area contributed by atoms with Gasteiger partial charge in [0.2, 0.25) is 0 Å². The predicted molar refractivity (Wildman–Crippen MR) is 93.6 cm³/mol. The number of carbonyl (C=O) groups is 1. The minimum absolute atomic E-state index is 0.172. The molecule has 5 nitrogen and oxygen atoms in total. The summed E-state index contributed by atoms with van der Waals surface area (Å²) < 4.78 is 0. The monoisotopic (exact) mass is 338 g/mol. The summed E-state index contributed by atoms with van der Waals surface area (Å²) in [6.07, 6.45) is 6.62. The molecule has 0 atom stereocenters. The summed E-state index contributed by atoms with van der Waals surface area (Å²) in [4.78, 5) is 20.8. The van der Waals surface area contributed by atoms with Gasteiger partial charge in [-0.15, -0.1) is 0 Å². The standard InChI is InChI=1S/C18H15ClN4O/c19-16-1-3-17(4-2-16)23(18(24)15-7-11-21-12-8-15)22-13-14-5-9-20-10-6-14/h1-12,22H,13H2. The molecule has 0 bridgehead atoms. The number of halogens is 1. The van der Waals surface area contributed by atoms with Gasteiger partial charge in [0.25, 0.3) is 5.91 Å². The van der Waals surface area contributed by atoms with E-state index in [9.17, 15) is 4.79 Å². The van der Waals surface area contributed by atoms with Gasteiger partial charge in [0, 0.05) is 41.9 Å². The largest absolute Gasteiger partial charge is 0.272 e. The number of carbonyl (C=O) groups excluding carboxylic acids is 1. The first-order valence-electron chi connectivity index (χ1n) is 7.36. The number of benzene rings is 1. The lowest BCUT2D eigenvalue weighted by Gasteiger charge is -2.24. The predicted octanol–water partition coefficient (Wildman–Crippen LogP) is 3.48. The van der Waals surface area contributed by atoms with E-state index >= 15 is 0 Å². The zero-order valence-corrected chi connectivity index (χ0v) is 13.5. The minimum atomic E-state index is -0.172. The Kier molecular flexibility index (Phi) is 5.15. The second kappa shape index (κ2) is 7.68. The molecule has 0 aliphatic rings. The Morgan fingerprint density at radius 1 is 0.917 bits per heavy atom. The molecule has 3 aromatic rings. The van der Waals surface area contributed by atoms with Gasteiger partial charge in [-0.1, -0.05) is 11.6 Å². The van der Waals surface area contributed by atoms with E-state index < -0.39 is 0 Å². The Morgan fingerprint density at radius 3 is 2.12 bits per heavy atom. The van der Waals surface area contributed by atoms with Gasteiger partial charge in [-0.05, 0) is 54.1 Å². The summed E-state index contributed by atoms with van der Waals surface area (Å²) >= 11 is 5.95. The first kappa shape index (κ1) is 16.1. The van der Waals surface area contributed by atoms with Crippen molar-refractivity contribution in [3.8, 4) is 0 Å². The van der Waals surface area contributed by atoms with Gasteiger partial charge in [0.1, 0.15) is 0 Å². The quantitative estimate of drug-likeness (QED) is 0.724. The van der Waals surface area contributed by atoms with Crippen molar-refractivity contribution in [2.24, 2.45) is 0 Å². The first-order chi connectivity index (χ1) is 11.7. The third kappa shape index (κ3) is 3.95. The molecule has 0 radical (unpaired) electrons. The molecule has 3 rings (SSSR count). The Balaban J connectivity index is 1.85. The smallest absolute Gasteiger partial charge is 0.267 e. The molecule has 1 N–H and O–H groups in total. The highest BCUT2D eigenvalue weighted by Gasteiger charge is 2.17. The Morgan fingerprint density at radius 2 is 1.50 bits per heavy atom. The van der Waals surface area contributed by atoms with Crippen LogP contribution in [0.15, 0.2) is 73.3 Å². The average Bonchev–Trinajstić information content (AvgIpc) is 2.65. The number of hydrazine groups is 1. The van der Waals surface area contributed by atoms with Crippen molar-refractivity contribution in [1.29, 1.82) is 0 Å². The zero-order chi connectivity index (χ0) is 16.8. The molecule has 0 unspecified atom stereocenters. The molecular formula is C18H15ClN4O. The molecule has 120 valence electrons. The van der Waals surface area contributed by atoms with Crippen LogP contribution in [0.5, 0.6) is 0 Å². The van der Waals surface area contributed by atoms with E-state index in [2.05, 4.69) is 15.4 Å². The topological polar surface area (TPSA) is 58.1 Å². The second-order valence-corrected chi connectivity index (χ2v) is 5.48. The average molecular weight is 339 g/mol. The maximum Gasteiger partial charge on any atom is 0.272 e. The molecule has 0 saturated carbocycles. The lowest BCUT2D eigenvalue weighted by Crippen LogP contribution is -2.42. The highest BCUT2D eigenvalue weighted by molar-refractivity contribution is 6.30. The lowest BCUT2D eigenvalue weighted by atomic mass is 10.2. The highest BCUT2D eigenvalue weighted by atomic mass is 35.5. The molecule has 24 heavy (non-hydrogen) atoms. The molecule has 0 saturated heterocycles. The highest BCUT2D eigenvalue weighted by Crippen LogP contribution is 2.19. The molecule has 1 amide bonds. The van der Waals surface area contributed by atoms with E-state index in [0.29, 0.717) is 22.8 Å². The number of pyridine rings is 2. The van der Waals surface area contributed by atoms with Crippen LogP contribution in [0.2, 0.25) is 5.02 Å². The molecule has 6 heteroatoms. The van der Waals surface area contributed by atoms with E-state index in [1.807, 2.05) is 12.1 Å². The maximum atomic E-state index is 12.8. The molecule has 0 aliphatic heterocycles. The van der Waals surface area contributed by atoms with Crippen molar-refractivity contribution in [2.75, 3.05) is 5.01 Å². The molecule has 0 fully saturated rings. The van der Waals surface area contributed by atoms with Crippen molar-refractivity contribution in [3.05, 3.63) is 89.5 Å². The van der Waals surface area contributed by atoms with Gasteiger partial charge in [0.15, 0.2) is 0 Å². The first-order valence-corrected chi connectivity index (χ1v) is 7.74. The maximum absolute atomic E-state index is 12.8. The second-order valence-electron chi connectivity index (χ2n) is 5.04. The van der Waals surface area contributed by atoms with Crippen LogP contribution < -0.4 is 10.4 Å². The Hall–Kier alpha value is -2.76. The fourth-order valence-electron chi connectivity index (χ4n) is 2.17. The number of hydrogen-bond donors (Lipinski definition) is 1.